The average molecular weight is 1050 g/mol. The summed E-state index contributed by atoms with van der Waals surface area (Å²) in [5, 5.41) is 42.2. The van der Waals surface area contributed by atoms with Crippen molar-refractivity contribution in [1.82, 2.24) is 53.2 Å². The molecule has 2 aromatic carbocycles. The predicted molar refractivity (Wildman–Crippen MR) is 270 cm³/mol. The van der Waals surface area contributed by atoms with E-state index >= 15 is 0 Å². The number of amides is 10. The van der Waals surface area contributed by atoms with Gasteiger partial charge < -0.3 is 68.1 Å². The number of carbonyl (C=O) groups excluding carboxylic acids is 10. The molecule has 0 saturated carbocycles. The highest BCUT2D eigenvalue weighted by molar-refractivity contribution is 5.96. The number of rotatable bonds is 31. The first kappa shape index (κ1) is 63.0. The fourth-order valence-corrected chi connectivity index (χ4v) is 6.95. The van der Waals surface area contributed by atoms with Crippen LogP contribution in [0.1, 0.15) is 85.3 Å². The number of carboxylic acids is 2. The van der Waals surface area contributed by atoms with Crippen molar-refractivity contribution < 1.29 is 72.5 Å². The van der Waals surface area contributed by atoms with Crippen LogP contribution in [0.2, 0.25) is 0 Å². The van der Waals surface area contributed by atoms with Crippen molar-refractivity contribution >= 4 is 71.2 Å². The zero-order chi connectivity index (χ0) is 56.3. The standard InChI is InChI=1S/C50H72N10O15/c1-29(2)20-34(45(70)53-27-42(65)66)59-47(72)36(22-31-14-10-8-11-15-31)57-39(62)24-51-38(61)19-18-33(56-41(64)26-55-49(74)75-50(5,6)7)44(69)52-25-40(63)58-37(23-32-16-12-9-13-17-32)48(73)60-35(21-30(3)4)46(71)54-28-43(67)68/h8-17,29-30,33-37H,18-28H2,1-7H3,(H,51,61)(H,52,69)(H,53,70)(H,54,71)(H,55,74)(H,56,64)(H,57,62)(H,58,63)(H,59,72)(H,60,73)(H,65,66)(H,67,68). The van der Waals surface area contributed by atoms with Gasteiger partial charge in [-0.2, -0.15) is 0 Å². The fraction of sp³-hybridized carbons (Fsp3) is 0.520. The number of aliphatic carboxylic acids is 2. The van der Waals surface area contributed by atoms with Gasteiger partial charge in [0.2, 0.25) is 53.2 Å². The number of hydrogen-bond acceptors (Lipinski definition) is 13. The first-order chi connectivity index (χ1) is 35.2. The summed E-state index contributed by atoms with van der Waals surface area (Å²) in [5.74, 6) is -10.2. The molecule has 5 unspecified atom stereocenters. The van der Waals surface area contributed by atoms with Crippen LogP contribution in [0.25, 0.3) is 0 Å². The van der Waals surface area contributed by atoms with Crippen LogP contribution in [-0.2, 0) is 70.3 Å². The van der Waals surface area contributed by atoms with Crippen LogP contribution in [0.5, 0.6) is 0 Å². The summed E-state index contributed by atoms with van der Waals surface area (Å²) >= 11 is 0. The summed E-state index contributed by atoms with van der Waals surface area (Å²) in [6.07, 6.45) is -1.70. The molecule has 0 aliphatic carbocycles. The third kappa shape index (κ3) is 27.5. The molecule has 412 valence electrons. The lowest BCUT2D eigenvalue weighted by Crippen LogP contribution is -2.56. The van der Waals surface area contributed by atoms with Gasteiger partial charge in [0.25, 0.3) is 0 Å². The maximum Gasteiger partial charge on any atom is 0.408 e. The molecule has 0 saturated heterocycles. The Morgan fingerprint density at radius 3 is 1.19 bits per heavy atom. The van der Waals surface area contributed by atoms with Crippen molar-refractivity contribution in [2.75, 3.05) is 32.7 Å². The molecule has 0 aliphatic heterocycles. The Labute approximate surface area is 434 Å². The third-order valence-electron chi connectivity index (χ3n) is 10.3. The summed E-state index contributed by atoms with van der Waals surface area (Å²) in [6, 6.07) is 10.7. The minimum absolute atomic E-state index is 0.0383. The molecule has 0 aliphatic rings. The number of hydrogen-bond donors (Lipinski definition) is 12. The number of carboxylic acid groups (broad SMARTS) is 2. The number of benzene rings is 2. The Morgan fingerprint density at radius 2 is 0.800 bits per heavy atom. The Morgan fingerprint density at radius 1 is 0.440 bits per heavy atom. The summed E-state index contributed by atoms with van der Waals surface area (Å²) < 4.78 is 5.14. The number of nitrogens with one attached hydrogen (secondary N) is 10. The highest BCUT2D eigenvalue weighted by Gasteiger charge is 2.31. The Hall–Kier alpha value is -8.12. The number of alkyl carbamates (subject to hydrolysis) is 1. The lowest BCUT2D eigenvalue weighted by molar-refractivity contribution is -0.139. The van der Waals surface area contributed by atoms with E-state index in [2.05, 4.69) is 53.2 Å². The molecule has 75 heavy (non-hydrogen) atoms. The first-order valence-electron chi connectivity index (χ1n) is 24.3. The van der Waals surface area contributed by atoms with Crippen molar-refractivity contribution in [2.45, 2.75) is 123 Å². The molecule has 0 aromatic heterocycles. The first-order valence-corrected chi connectivity index (χ1v) is 24.3. The van der Waals surface area contributed by atoms with Crippen LogP contribution in [0.15, 0.2) is 60.7 Å². The van der Waals surface area contributed by atoms with Crippen LogP contribution in [-0.4, -0.2) is 150 Å². The van der Waals surface area contributed by atoms with Crippen LogP contribution >= 0.6 is 0 Å². The maximum absolute atomic E-state index is 13.7. The van der Waals surface area contributed by atoms with E-state index in [9.17, 15) is 57.5 Å². The molecule has 5 atom stereocenters. The molecule has 0 bridgehead atoms. The normalized spacial score (nSPS) is 13.0. The SMILES string of the molecule is CC(C)CC(NC(=O)C(Cc1ccccc1)NC(=O)CNC(=O)CCC(NC(=O)CNC(=O)OC(C)(C)C)C(=O)NCC(=O)NC(Cc1ccccc1)C(=O)NC(CC(C)C)C(=O)NCC(=O)O)C(=O)NCC(=O)O. The maximum atomic E-state index is 13.7. The van der Waals surface area contributed by atoms with Crippen molar-refractivity contribution in [3.63, 3.8) is 0 Å². The molecular formula is C50H72N10O15. The second-order valence-corrected chi connectivity index (χ2v) is 19.2. The lowest BCUT2D eigenvalue weighted by Gasteiger charge is -2.24. The predicted octanol–water partition coefficient (Wildman–Crippen LogP) is -1.07. The van der Waals surface area contributed by atoms with Gasteiger partial charge >= 0.3 is 18.0 Å². The Kier molecular flexibility index (Phi) is 27.0. The molecule has 2 rings (SSSR count). The molecular weight excluding hydrogens is 981 g/mol. The highest BCUT2D eigenvalue weighted by atomic mass is 16.6. The van der Waals surface area contributed by atoms with E-state index in [4.69, 9.17) is 14.9 Å². The fourth-order valence-electron chi connectivity index (χ4n) is 6.95. The quantitative estimate of drug-likeness (QED) is 0.0428. The second-order valence-electron chi connectivity index (χ2n) is 19.2. The lowest BCUT2D eigenvalue weighted by atomic mass is 10.0. The van der Waals surface area contributed by atoms with Gasteiger partial charge in [-0.15, -0.1) is 0 Å². The molecule has 0 spiro atoms. The minimum atomic E-state index is -1.53. The summed E-state index contributed by atoms with van der Waals surface area (Å²) in [5.41, 5.74) is 0.337. The van der Waals surface area contributed by atoms with Crippen LogP contribution < -0.4 is 53.2 Å². The second kappa shape index (κ2) is 32.1. The largest absolute Gasteiger partial charge is 0.480 e. The molecule has 25 heteroatoms. The topological polar surface area (TPSA) is 375 Å². The van der Waals surface area contributed by atoms with Crippen LogP contribution in [0.3, 0.4) is 0 Å². The van der Waals surface area contributed by atoms with Gasteiger partial charge in [-0.3, -0.25) is 52.7 Å². The average Bonchev–Trinajstić information content (AvgIpc) is 3.32. The third-order valence-corrected chi connectivity index (χ3v) is 10.3. The molecule has 25 nitrogen and oxygen atoms in total. The van der Waals surface area contributed by atoms with Gasteiger partial charge in [0.1, 0.15) is 55.4 Å². The molecule has 0 radical (unpaired) electrons. The Balaban J connectivity index is 2.24. The van der Waals surface area contributed by atoms with E-state index in [1.54, 1.807) is 109 Å². The molecule has 2 aromatic rings. The van der Waals surface area contributed by atoms with Crippen LogP contribution in [0, 0.1) is 11.8 Å². The van der Waals surface area contributed by atoms with E-state index < -0.39 is 153 Å². The van der Waals surface area contributed by atoms with Gasteiger partial charge in [0.05, 0.1) is 13.1 Å². The number of carbonyl (C=O) groups is 12. The molecule has 12 N–H and O–H groups in total. The Bertz CT molecular complexity index is 2290. The molecule has 10 amide bonds. The highest BCUT2D eigenvalue weighted by Crippen LogP contribution is 2.11. The van der Waals surface area contributed by atoms with Gasteiger partial charge in [0.15, 0.2) is 0 Å². The van der Waals surface area contributed by atoms with Crippen molar-refractivity contribution in [2.24, 2.45) is 11.8 Å². The van der Waals surface area contributed by atoms with E-state index in [0.717, 1.165) is 0 Å². The smallest absolute Gasteiger partial charge is 0.408 e. The van der Waals surface area contributed by atoms with Gasteiger partial charge in [-0.25, -0.2) is 4.79 Å². The monoisotopic (exact) mass is 1050 g/mol. The summed E-state index contributed by atoms with van der Waals surface area (Å²) in [4.78, 5) is 154. The van der Waals surface area contributed by atoms with E-state index in [0.29, 0.717) is 11.1 Å². The zero-order valence-electron chi connectivity index (χ0n) is 43.3. The van der Waals surface area contributed by atoms with E-state index in [1.807, 2.05) is 0 Å². The number of ether oxygens (including phenoxy) is 1. The summed E-state index contributed by atoms with van der Waals surface area (Å²) in [6.45, 7) is 8.47. The van der Waals surface area contributed by atoms with Gasteiger partial charge in [-0.1, -0.05) is 88.4 Å². The van der Waals surface area contributed by atoms with Crippen molar-refractivity contribution in [1.29, 1.82) is 0 Å². The van der Waals surface area contributed by atoms with Gasteiger partial charge in [-0.05, 0) is 63.0 Å². The summed E-state index contributed by atoms with van der Waals surface area (Å²) in [7, 11) is 0. The van der Waals surface area contributed by atoms with Gasteiger partial charge in [0, 0.05) is 19.3 Å². The zero-order valence-corrected chi connectivity index (χ0v) is 43.3. The van der Waals surface area contributed by atoms with Crippen LogP contribution in [0.4, 0.5) is 4.79 Å². The van der Waals surface area contributed by atoms with Crippen molar-refractivity contribution in [3.05, 3.63) is 71.8 Å². The van der Waals surface area contributed by atoms with Crippen molar-refractivity contribution in [3.8, 4) is 0 Å². The minimum Gasteiger partial charge on any atom is -0.480 e. The molecule has 0 fully saturated rings. The molecule has 0 heterocycles. The van der Waals surface area contributed by atoms with E-state index in [-0.39, 0.29) is 37.5 Å². The van der Waals surface area contributed by atoms with E-state index in [1.165, 1.54) is 0 Å².